The first-order valence-corrected chi connectivity index (χ1v) is 3.13. The van der Waals surface area contributed by atoms with Crippen LogP contribution in [-0.2, 0) is 5.75 Å². The number of rotatable bonds is 1. The van der Waals surface area contributed by atoms with Crippen molar-refractivity contribution < 1.29 is 0 Å². The predicted octanol–water partition coefficient (Wildman–Crippen LogP) is 1.92. The van der Waals surface area contributed by atoms with Crippen LogP contribution in [0.1, 0.15) is 5.56 Å². The summed E-state index contributed by atoms with van der Waals surface area (Å²) in [5, 5.41) is 0. The molecule has 0 unspecified atom stereocenters. The van der Waals surface area contributed by atoms with Crippen LogP contribution in [0.25, 0.3) is 0 Å². The Bertz CT molecular complexity index is 146. The molecule has 0 amide bonds. The molecule has 0 aliphatic rings. The minimum Gasteiger partial charge on any atom is -0.175 e. The molecule has 0 saturated heterocycles. The highest BCUT2D eigenvalue weighted by molar-refractivity contribution is 7.79. The normalized spacial score (nSPS) is 9.12. The summed E-state index contributed by atoms with van der Waals surface area (Å²) in [4.78, 5) is 0. The van der Waals surface area contributed by atoms with Crippen LogP contribution < -0.4 is 0 Å². The molecule has 0 spiro atoms. The highest BCUT2D eigenvalue weighted by Gasteiger charge is 1.81. The van der Waals surface area contributed by atoms with Crippen molar-refractivity contribution in [3.63, 3.8) is 0 Å². The summed E-state index contributed by atoms with van der Waals surface area (Å²) in [7, 11) is 0. The lowest BCUT2D eigenvalue weighted by molar-refractivity contribution is 1.42. The quantitative estimate of drug-likeness (QED) is 0.542. The van der Waals surface area contributed by atoms with Crippen LogP contribution in [0.3, 0.4) is 0 Å². The smallest absolute Gasteiger partial charge is 0.0160 e. The summed E-state index contributed by atoms with van der Waals surface area (Å²) in [5.74, 6) is 0.779. The first-order chi connectivity index (χ1) is 3.93. The van der Waals surface area contributed by atoms with Gasteiger partial charge >= 0.3 is 0 Å². The maximum atomic E-state index is 4.08. The number of thiol groups is 1. The van der Waals surface area contributed by atoms with E-state index in [1.807, 2.05) is 24.3 Å². The van der Waals surface area contributed by atoms with Gasteiger partial charge in [-0.3, -0.25) is 0 Å². The van der Waals surface area contributed by atoms with E-state index in [9.17, 15) is 0 Å². The van der Waals surface area contributed by atoms with Gasteiger partial charge in [-0.1, -0.05) is 24.3 Å². The molecule has 1 rings (SSSR count). The molecule has 0 atom stereocenters. The summed E-state index contributed by atoms with van der Waals surface area (Å²) < 4.78 is 0. The predicted molar refractivity (Wildman–Crippen MR) is 38.0 cm³/mol. The van der Waals surface area contributed by atoms with Crippen molar-refractivity contribution in [1.29, 1.82) is 0 Å². The molecule has 1 heteroatoms. The van der Waals surface area contributed by atoms with Crippen molar-refractivity contribution in [3.05, 3.63) is 35.9 Å². The van der Waals surface area contributed by atoms with Crippen LogP contribution in [-0.4, -0.2) is 0 Å². The van der Waals surface area contributed by atoms with E-state index in [-0.39, 0.29) is 0 Å². The molecule has 0 heterocycles. The minimum atomic E-state index is 0.779. The zero-order chi connectivity index (χ0) is 5.82. The van der Waals surface area contributed by atoms with Crippen molar-refractivity contribution in [2.75, 3.05) is 0 Å². The van der Waals surface area contributed by atoms with Crippen LogP contribution in [0, 0.1) is 6.07 Å². The average molecular weight is 123 g/mol. The van der Waals surface area contributed by atoms with Crippen molar-refractivity contribution in [2.45, 2.75) is 5.75 Å². The van der Waals surface area contributed by atoms with Crippen LogP contribution >= 0.6 is 12.6 Å². The van der Waals surface area contributed by atoms with E-state index in [1.165, 1.54) is 0 Å². The molecule has 0 bridgehead atoms. The fourth-order valence-electron chi connectivity index (χ4n) is 0.529. The Morgan fingerprint density at radius 3 is 2.75 bits per heavy atom. The Labute approximate surface area is 55.0 Å². The first kappa shape index (κ1) is 5.70. The Morgan fingerprint density at radius 1 is 1.50 bits per heavy atom. The Balaban J connectivity index is 2.83. The van der Waals surface area contributed by atoms with Crippen LogP contribution in [0.4, 0.5) is 0 Å². The third kappa shape index (κ3) is 1.27. The molecule has 0 aliphatic carbocycles. The SMILES string of the molecule is SCc1[c]cccc1. The molecule has 0 nitrogen and oxygen atoms in total. The lowest BCUT2D eigenvalue weighted by atomic mass is 10.2. The summed E-state index contributed by atoms with van der Waals surface area (Å²) in [6, 6.07) is 10.9. The lowest BCUT2D eigenvalue weighted by Crippen LogP contribution is -1.72. The van der Waals surface area contributed by atoms with E-state index < -0.39 is 0 Å². The van der Waals surface area contributed by atoms with Gasteiger partial charge in [-0.05, 0) is 11.6 Å². The largest absolute Gasteiger partial charge is 0.175 e. The van der Waals surface area contributed by atoms with Crippen LogP contribution in [0.5, 0.6) is 0 Å². The van der Waals surface area contributed by atoms with Gasteiger partial charge in [-0.15, -0.1) is 0 Å². The van der Waals surface area contributed by atoms with Crippen LogP contribution in [0.15, 0.2) is 24.3 Å². The van der Waals surface area contributed by atoms with E-state index in [1.54, 1.807) is 0 Å². The summed E-state index contributed by atoms with van der Waals surface area (Å²) in [5.41, 5.74) is 1.15. The average Bonchev–Trinajstić information content (AvgIpc) is 1.90. The fourth-order valence-corrected chi connectivity index (χ4v) is 0.726. The topological polar surface area (TPSA) is 0 Å². The van der Waals surface area contributed by atoms with E-state index in [4.69, 9.17) is 0 Å². The van der Waals surface area contributed by atoms with Crippen molar-refractivity contribution in [1.82, 2.24) is 0 Å². The number of benzene rings is 1. The molecule has 1 aromatic rings. The maximum absolute atomic E-state index is 4.08. The van der Waals surface area contributed by atoms with E-state index in [0.717, 1.165) is 11.3 Å². The molecule has 0 N–H and O–H groups in total. The van der Waals surface area contributed by atoms with Gasteiger partial charge in [0.25, 0.3) is 0 Å². The zero-order valence-electron chi connectivity index (χ0n) is 4.46. The van der Waals surface area contributed by atoms with Crippen molar-refractivity contribution in [2.24, 2.45) is 0 Å². The summed E-state index contributed by atoms with van der Waals surface area (Å²) in [6.45, 7) is 0. The second kappa shape index (κ2) is 2.78. The van der Waals surface area contributed by atoms with Gasteiger partial charge in [0.15, 0.2) is 0 Å². The molecule has 0 aromatic heterocycles. The standard InChI is InChI=1S/C7H7S/c8-6-7-4-2-1-3-5-7/h1-4,8H,6H2. The molecular weight excluding hydrogens is 116 g/mol. The molecular formula is C7H7S. The highest BCUT2D eigenvalue weighted by Crippen LogP contribution is 1.99. The van der Waals surface area contributed by atoms with Gasteiger partial charge in [-0.2, -0.15) is 12.6 Å². The number of hydrogen-bond donors (Lipinski definition) is 1. The lowest BCUT2D eigenvalue weighted by Gasteiger charge is -1.88. The molecule has 0 saturated carbocycles. The second-order valence-electron chi connectivity index (χ2n) is 1.55. The first-order valence-electron chi connectivity index (χ1n) is 2.50. The Kier molecular flexibility index (Phi) is 1.98. The third-order valence-corrected chi connectivity index (χ3v) is 1.28. The van der Waals surface area contributed by atoms with Crippen LogP contribution in [0.2, 0.25) is 0 Å². The van der Waals surface area contributed by atoms with Crippen molar-refractivity contribution in [3.8, 4) is 0 Å². The highest BCUT2D eigenvalue weighted by atomic mass is 32.1. The molecule has 0 aliphatic heterocycles. The molecule has 8 heavy (non-hydrogen) atoms. The van der Waals surface area contributed by atoms with Gasteiger partial charge in [0.1, 0.15) is 0 Å². The van der Waals surface area contributed by atoms with Crippen molar-refractivity contribution >= 4 is 12.6 Å². The second-order valence-corrected chi connectivity index (χ2v) is 1.86. The van der Waals surface area contributed by atoms with Gasteiger partial charge in [0, 0.05) is 5.75 Å². The minimum absolute atomic E-state index is 0.779. The van der Waals surface area contributed by atoms with Gasteiger partial charge in [-0.25, -0.2) is 0 Å². The van der Waals surface area contributed by atoms with Gasteiger partial charge in [0.2, 0.25) is 0 Å². The van der Waals surface area contributed by atoms with Gasteiger partial charge < -0.3 is 0 Å². The molecule has 41 valence electrons. The molecule has 1 radical (unpaired) electrons. The van der Waals surface area contributed by atoms with E-state index in [0.29, 0.717) is 0 Å². The van der Waals surface area contributed by atoms with E-state index in [2.05, 4.69) is 18.7 Å². The Morgan fingerprint density at radius 2 is 2.38 bits per heavy atom. The zero-order valence-corrected chi connectivity index (χ0v) is 5.36. The summed E-state index contributed by atoms with van der Waals surface area (Å²) >= 11 is 4.08. The summed E-state index contributed by atoms with van der Waals surface area (Å²) in [6.07, 6.45) is 0. The third-order valence-electron chi connectivity index (χ3n) is 0.944. The maximum Gasteiger partial charge on any atom is 0.0160 e. The monoisotopic (exact) mass is 123 g/mol. The molecule has 1 aromatic carbocycles. The molecule has 0 fully saturated rings. The Hall–Kier alpha value is -0.430. The fraction of sp³-hybridized carbons (Fsp3) is 0.143. The number of hydrogen-bond acceptors (Lipinski definition) is 1. The van der Waals surface area contributed by atoms with Gasteiger partial charge in [0.05, 0.1) is 0 Å². The van der Waals surface area contributed by atoms with E-state index >= 15 is 0 Å².